The van der Waals surface area contributed by atoms with Crippen LogP contribution in [0.5, 0.6) is 0 Å². The van der Waals surface area contributed by atoms with Gasteiger partial charge in [0.25, 0.3) is 5.91 Å². The molecule has 2 heterocycles. The first kappa shape index (κ1) is 18.7. The van der Waals surface area contributed by atoms with Crippen LogP contribution < -0.4 is 0 Å². The molecule has 0 radical (unpaired) electrons. The normalized spacial score (nSPS) is 17.1. The van der Waals surface area contributed by atoms with Crippen molar-refractivity contribution in [2.45, 2.75) is 26.2 Å². The second kappa shape index (κ2) is 7.25. The number of hydrogen-bond acceptors (Lipinski definition) is 4. The summed E-state index contributed by atoms with van der Waals surface area (Å²) in [5.41, 5.74) is 0.468. The quantitative estimate of drug-likeness (QED) is 0.856. The fourth-order valence-corrected chi connectivity index (χ4v) is 3.49. The minimum Gasteiger partial charge on any atom is -0.481 e. The van der Waals surface area contributed by atoms with E-state index in [9.17, 15) is 9.59 Å². The second-order valence-electron chi connectivity index (χ2n) is 6.51. The minimum absolute atomic E-state index is 0.00993. The zero-order valence-electron chi connectivity index (χ0n) is 14.3. The van der Waals surface area contributed by atoms with Crippen molar-refractivity contribution < 1.29 is 14.7 Å². The summed E-state index contributed by atoms with van der Waals surface area (Å²) < 4.78 is 1.49. The van der Waals surface area contributed by atoms with Gasteiger partial charge in [-0.3, -0.25) is 9.59 Å². The van der Waals surface area contributed by atoms with E-state index in [1.54, 1.807) is 18.2 Å². The minimum atomic E-state index is -0.899. The first-order chi connectivity index (χ1) is 12.3. The van der Waals surface area contributed by atoms with Gasteiger partial charge in [0.15, 0.2) is 0 Å². The number of rotatable bonds is 4. The van der Waals surface area contributed by atoms with E-state index in [2.05, 4.69) is 10.1 Å². The number of carbonyl (C=O) groups is 2. The van der Waals surface area contributed by atoms with Gasteiger partial charge in [0.2, 0.25) is 5.82 Å². The molecule has 138 valence electrons. The fraction of sp³-hybridized carbons (Fsp3) is 0.412. The lowest BCUT2D eigenvalue weighted by Gasteiger charge is -2.13. The largest absolute Gasteiger partial charge is 0.481 e. The van der Waals surface area contributed by atoms with Crippen molar-refractivity contribution in [3.05, 3.63) is 39.9 Å². The molecular formula is C17H18Cl2N4O3. The van der Waals surface area contributed by atoms with E-state index < -0.39 is 17.8 Å². The van der Waals surface area contributed by atoms with E-state index >= 15 is 0 Å². The van der Waals surface area contributed by atoms with E-state index in [-0.39, 0.29) is 18.3 Å². The molecule has 2 aromatic rings. The van der Waals surface area contributed by atoms with Crippen LogP contribution in [0.2, 0.25) is 10.0 Å². The number of para-hydroxylation sites is 1. The molecule has 26 heavy (non-hydrogen) atoms. The van der Waals surface area contributed by atoms with E-state index in [1.807, 2.05) is 13.8 Å². The number of hydrogen-bond donors (Lipinski definition) is 1. The highest BCUT2D eigenvalue weighted by Crippen LogP contribution is 2.30. The lowest BCUT2D eigenvalue weighted by molar-refractivity contribution is -0.141. The molecule has 1 aromatic heterocycles. The van der Waals surface area contributed by atoms with Gasteiger partial charge >= 0.3 is 5.97 Å². The molecule has 1 unspecified atom stereocenters. The maximum absolute atomic E-state index is 12.7. The number of aliphatic carboxylic acids is 1. The standard InChI is InChI=1S/C17H18Cl2N4O3/c1-9(2)15-20-14(16(24)22-7-6-10(8-22)17(25)26)21-23(15)13-11(18)4-3-5-12(13)19/h3-5,9-10H,6-8H2,1-2H3,(H,25,26). The average Bonchev–Trinajstić information content (AvgIpc) is 3.22. The number of carboxylic acid groups (broad SMARTS) is 1. The highest BCUT2D eigenvalue weighted by Gasteiger charge is 2.33. The second-order valence-corrected chi connectivity index (χ2v) is 7.32. The molecular weight excluding hydrogens is 379 g/mol. The maximum atomic E-state index is 12.7. The topological polar surface area (TPSA) is 88.3 Å². The summed E-state index contributed by atoms with van der Waals surface area (Å²) in [5.74, 6) is -1.31. The summed E-state index contributed by atoms with van der Waals surface area (Å²) in [6.45, 7) is 4.38. The molecule has 0 saturated carbocycles. The molecule has 1 fully saturated rings. The Morgan fingerprint density at radius 1 is 1.27 bits per heavy atom. The van der Waals surface area contributed by atoms with Crippen molar-refractivity contribution in [2.75, 3.05) is 13.1 Å². The molecule has 0 bridgehead atoms. The van der Waals surface area contributed by atoms with Crippen molar-refractivity contribution >= 4 is 35.1 Å². The van der Waals surface area contributed by atoms with Gasteiger partial charge in [-0.05, 0) is 18.6 Å². The number of benzene rings is 1. The first-order valence-corrected chi connectivity index (χ1v) is 8.98. The molecule has 1 amide bonds. The van der Waals surface area contributed by atoms with Gasteiger partial charge in [0.05, 0.1) is 16.0 Å². The van der Waals surface area contributed by atoms with Gasteiger partial charge in [0, 0.05) is 19.0 Å². The van der Waals surface area contributed by atoms with Gasteiger partial charge < -0.3 is 10.0 Å². The van der Waals surface area contributed by atoms with E-state index in [4.69, 9.17) is 28.3 Å². The van der Waals surface area contributed by atoms with E-state index in [0.717, 1.165) is 0 Å². The monoisotopic (exact) mass is 396 g/mol. The Morgan fingerprint density at radius 3 is 2.46 bits per heavy atom. The summed E-state index contributed by atoms with van der Waals surface area (Å²) >= 11 is 12.6. The molecule has 3 rings (SSSR count). The van der Waals surface area contributed by atoms with Crippen LogP contribution in [0, 0.1) is 5.92 Å². The molecule has 9 heteroatoms. The molecule has 1 aromatic carbocycles. The van der Waals surface area contributed by atoms with Crippen LogP contribution in [0.1, 0.15) is 42.6 Å². The lowest BCUT2D eigenvalue weighted by Crippen LogP contribution is -2.30. The van der Waals surface area contributed by atoms with Crippen LogP contribution in [0.3, 0.4) is 0 Å². The molecule has 1 atom stereocenters. The highest BCUT2D eigenvalue weighted by molar-refractivity contribution is 6.37. The van der Waals surface area contributed by atoms with Gasteiger partial charge in [-0.2, -0.15) is 0 Å². The van der Waals surface area contributed by atoms with E-state index in [0.29, 0.717) is 34.5 Å². The highest BCUT2D eigenvalue weighted by atomic mass is 35.5. The lowest BCUT2D eigenvalue weighted by atomic mass is 10.1. The number of nitrogens with zero attached hydrogens (tertiary/aromatic N) is 4. The van der Waals surface area contributed by atoms with Gasteiger partial charge in [0.1, 0.15) is 11.5 Å². The molecule has 1 aliphatic heterocycles. The number of aromatic nitrogens is 3. The van der Waals surface area contributed by atoms with Crippen molar-refractivity contribution in [3.63, 3.8) is 0 Å². The van der Waals surface area contributed by atoms with Gasteiger partial charge in [-0.1, -0.05) is 43.1 Å². The number of carboxylic acids is 1. The summed E-state index contributed by atoms with van der Waals surface area (Å²) in [4.78, 5) is 29.7. The summed E-state index contributed by atoms with van der Waals surface area (Å²) in [7, 11) is 0. The third-order valence-corrected chi connectivity index (χ3v) is 4.92. The number of carbonyl (C=O) groups excluding carboxylic acids is 1. The van der Waals surface area contributed by atoms with Gasteiger partial charge in [-0.15, -0.1) is 5.10 Å². The van der Waals surface area contributed by atoms with Crippen molar-refractivity contribution in [1.82, 2.24) is 19.7 Å². The Labute approximate surface area is 160 Å². The third kappa shape index (κ3) is 3.41. The molecule has 7 nitrogen and oxygen atoms in total. The molecule has 0 spiro atoms. The van der Waals surface area contributed by atoms with Crippen LogP contribution in [-0.2, 0) is 4.79 Å². The zero-order chi connectivity index (χ0) is 19.0. The van der Waals surface area contributed by atoms with Crippen LogP contribution >= 0.6 is 23.2 Å². The molecule has 0 aliphatic carbocycles. The first-order valence-electron chi connectivity index (χ1n) is 8.23. The molecule has 1 N–H and O–H groups in total. The Balaban J connectivity index is 1.98. The van der Waals surface area contributed by atoms with E-state index in [1.165, 1.54) is 9.58 Å². The summed E-state index contributed by atoms with van der Waals surface area (Å²) in [5, 5.41) is 14.2. The molecule has 1 saturated heterocycles. The number of likely N-dealkylation sites (tertiary alicyclic amines) is 1. The van der Waals surface area contributed by atoms with Crippen molar-refractivity contribution in [3.8, 4) is 5.69 Å². The number of halogens is 2. The average molecular weight is 397 g/mol. The number of amides is 1. The van der Waals surface area contributed by atoms with Crippen LogP contribution in [0.4, 0.5) is 0 Å². The predicted octanol–water partition coefficient (Wildman–Crippen LogP) is 3.24. The summed E-state index contributed by atoms with van der Waals surface area (Å²) in [6, 6.07) is 5.10. The Bertz CT molecular complexity index is 845. The van der Waals surface area contributed by atoms with Crippen LogP contribution in [0.25, 0.3) is 5.69 Å². The third-order valence-electron chi connectivity index (χ3n) is 4.31. The van der Waals surface area contributed by atoms with Crippen molar-refractivity contribution in [2.24, 2.45) is 5.92 Å². The Morgan fingerprint density at radius 2 is 1.92 bits per heavy atom. The van der Waals surface area contributed by atoms with Crippen LogP contribution in [0.15, 0.2) is 18.2 Å². The zero-order valence-corrected chi connectivity index (χ0v) is 15.8. The van der Waals surface area contributed by atoms with Crippen molar-refractivity contribution in [1.29, 1.82) is 0 Å². The Hall–Kier alpha value is -2.12. The Kier molecular flexibility index (Phi) is 5.20. The smallest absolute Gasteiger partial charge is 0.308 e. The maximum Gasteiger partial charge on any atom is 0.308 e. The fourth-order valence-electron chi connectivity index (χ4n) is 2.93. The van der Waals surface area contributed by atoms with Gasteiger partial charge in [-0.25, -0.2) is 9.67 Å². The SMILES string of the molecule is CC(C)c1nc(C(=O)N2CCC(C(=O)O)C2)nn1-c1c(Cl)cccc1Cl. The molecule has 1 aliphatic rings. The van der Waals surface area contributed by atoms with Crippen LogP contribution in [-0.4, -0.2) is 49.7 Å². The predicted molar refractivity (Wildman–Crippen MR) is 97.1 cm³/mol. The summed E-state index contributed by atoms with van der Waals surface area (Å²) in [6.07, 6.45) is 0.426.